The molecule has 6 heteroatoms. The molecule has 1 aromatic rings. The third kappa shape index (κ3) is 8.24. The van der Waals surface area contributed by atoms with Crippen molar-refractivity contribution < 1.29 is 9.59 Å². The molecule has 0 bridgehead atoms. The van der Waals surface area contributed by atoms with Gasteiger partial charge in [0.1, 0.15) is 0 Å². The molecule has 0 spiro atoms. The van der Waals surface area contributed by atoms with Gasteiger partial charge < -0.3 is 5.32 Å². The molecule has 156 valence electrons. The fourth-order valence-corrected chi connectivity index (χ4v) is 3.38. The Morgan fingerprint density at radius 1 is 1.24 bits per heavy atom. The van der Waals surface area contributed by atoms with E-state index in [2.05, 4.69) is 48.8 Å². The van der Waals surface area contributed by atoms with Crippen molar-refractivity contribution in [2.45, 2.75) is 46.5 Å². The molecular weight excluding hydrogens is 386 g/mol. The maximum atomic E-state index is 12.0. The van der Waals surface area contributed by atoms with E-state index in [1.807, 2.05) is 6.21 Å². The van der Waals surface area contributed by atoms with Crippen LogP contribution in [0.15, 0.2) is 52.7 Å². The van der Waals surface area contributed by atoms with E-state index in [0.717, 1.165) is 25.7 Å². The molecule has 0 radical (unpaired) electrons. The van der Waals surface area contributed by atoms with Crippen LogP contribution in [0.4, 0.5) is 0 Å². The van der Waals surface area contributed by atoms with Gasteiger partial charge in [-0.15, -0.1) is 0 Å². The molecule has 5 nitrogen and oxygen atoms in total. The summed E-state index contributed by atoms with van der Waals surface area (Å²) >= 11 is 5.80. The molecule has 2 amide bonds. The Bertz CT molecular complexity index is 793. The van der Waals surface area contributed by atoms with E-state index < -0.39 is 0 Å². The zero-order valence-electron chi connectivity index (χ0n) is 17.4. The number of nitrogens with zero attached hydrogens (tertiary/aromatic N) is 1. The number of nitrogens with one attached hydrogen (secondary N) is 2. The number of rotatable bonds is 8. The Morgan fingerprint density at radius 2 is 1.97 bits per heavy atom. The molecule has 0 fully saturated rings. The van der Waals surface area contributed by atoms with Crippen molar-refractivity contribution in [3.8, 4) is 0 Å². The summed E-state index contributed by atoms with van der Waals surface area (Å²) in [5, 5.41) is 7.21. The van der Waals surface area contributed by atoms with E-state index in [9.17, 15) is 9.59 Å². The highest BCUT2D eigenvalue weighted by Gasteiger charge is 2.20. The second-order valence-corrected chi connectivity index (χ2v) is 8.20. The van der Waals surface area contributed by atoms with Crippen LogP contribution in [-0.2, 0) is 4.79 Å². The minimum atomic E-state index is -0.357. The minimum absolute atomic E-state index is 0.132. The third-order valence-corrected chi connectivity index (χ3v) is 5.23. The van der Waals surface area contributed by atoms with Gasteiger partial charge in [0, 0.05) is 22.7 Å². The Kier molecular flexibility index (Phi) is 9.13. The summed E-state index contributed by atoms with van der Waals surface area (Å²) in [5.74, 6) is 0.121. The smallest absolute Gasteiger partial charge is 0.259 e. The lowest BCUT2D eigenvalue weighted by Crippen LogP contribution is -2.35. The maximum Gasteiger partial charge on any atom is 0.259 e. The predicted molar refractivity (Wildman–Crippen MR) is 119 cm³/mol. The summed E-state index contributed by atoms with van der Waals surface area (Å²) in [7, 11) is 0. The van der Waals surface area contributed by atoms with Crippen LogP contribution >= 0.6 is 11.6 Å². The molecule has 2 N–H and O–H groups in total. The van der Waals surface area contributed by atoms with Crippen LogP contribution in [0.3, 0.4) is 0 Å². The van der Waals surface area contributed by atoms with E-state index in [1.54, 1.807) is 24.3 Å². The second-order valence-electron chi connectivity index (χ2n) is 7.77. The van der Waals surface area contributed by atoms with Crippen molar-refractivity contribution >= 4 is 29.6 Å². The summed E-state index contributed by atoms with van der Waals surface area (Å²) in [5.41, 5.74) is 5.81. The molecule has 0 saturated carbocycles. The first-order valence-electron chi connectivity index (χ1n) is 10.0. The lowest BCUT2D eigenvalue weighted by Gasteiger charge is -2.25. The standard InChI is InChI=1S/C23H30ClN3O2/c1-16(2)5-4-6-18-7-8-20(17(3)13-18)14-26-27-22(28)15-25-23(29)19-9-11-21(24)12-10-19/h5,7,9-12,14,17,20H,4,6,8,13,15H2,1-3H3,(H,25,29)(H,27,28)/b26-14-/t17-,20+/m0/s1. The van der Waals surface area contributed by atoms with Gasteiger partial charge in [-0.05, 0) is 69.7 Å². The SMILES string of the molecule is CC(C)=CCCC1=CC[C@H](/C=N\NC(=O)CNC(=O)c2ccc(Cl)cc2)[C@@H](C)C1. The monoisotopic (exact) mass is 415 g/mol. The molecule has 0 aromatic heterocycles. The number of halogens is 1. The van der Waals surface area contributed by atoms with Crippen LogP contribution in [0.25, 0.3) is 0 Å². The van der Waals surface area contributed by atoms with Crippen molar-refractivity contribution in [1.29, 1.82) is 0 Å². The van der Waals surface area contributed by atoms with Crippen molar-refractivity contribution in [3.63, 3.8) is 0 Å². The van der Waals surface area contributed by atoms with Crippen LogP contribution in [0, 0.1) is 11.8 Å². The van der Waals surface area contributed by atoms with Gasteiger partial charge in [0.2, 0.25) is 0 Å². The molecule has 1 aliphatic rings. The van der Waals surface area contributed by atoms with Crippen LogP contribution in [0.2, 0.25) is 5.02 Å². The second kappa shape index (κ2) is 11.6. The number of carbonyl (C=O) groups is 2. The highest BCUT2D eigenvalue weighted by molar-refractivity contribution is 6.30. The van der Waals surface area contributed by atoms with E-state index in [1.165, 1.54) is 11.1 Å². The third-order valence-electron chi connectivity index (χ3n) is 4.98. The Hall–Kier alpha value is -2.40. The highest BCUT2D eigenvalue weighted by Crippen LogP contribution is 2.30. The van der Waals surface area contributed by atoms with Gasteiger partial charge in [-0.1, -0.05) is 41.8 Å². The molecule has 0 aliphatic heterocycles. The summed E-state index contributed by atoms with van der Waals surface area (Å²) < 4.78 is 0. The normalized spacial score (nSPS) is 18.8. The van der Waals surface area contributed by atoms with Gasteiger partial charge in [0.05, 0.1) is 6.54 Å². The average Bonchev–Trinajstić information content (AvgIpc) is 2.68. The topological polar surface area (TPSA) is 70.6 Å². The molecule has 29 heavy (non-hydrogen) atoms. The fraction of sp³-hybridized carbons (Fsp3) is 0.435. The van der Waals surface area contributed by atoms with E-state index in [4.69, 9.17) is 11.6 Å². The average molecular weight is 416 g/mol. The molecule has 0 saturated heterocycles. The number of hydrogen-bond donors (Lipinski definition) is 2. The summed E-state index contributed by atoms with van der Waals surface area (Å²) in [6, 6.07) is 6.49. The number of allylic oxidation sites excluding steroid dienone is 4. The van der Waals surface area contributed by atoms with Gasteiger partial charge >= 0.3 is 0 Å². The molecule has 0 unspecified atom stereocenters. The number of carbonyl (C=O) groups excluding carboxylic acids is 2. The van der Waals surface area contributed by atoms with Crippen molar-refractivity contribution in [1.82, 2.24) is 10.7 Å². The van der Waals surface area contributed by atoms with Crippen molar-refractivity contribution in [2.24, 2.45) is 16.9 Å². The first-order valence-corrected chi connectivity index (χ1v) is 10.4. The van der Waals surface area contributed by atoms with Gasteiger partial charge in [0.25, 0.3) is 11.8 Å². The van der Waals surface area contributed by atoms with Crippen molar-refractivity contribution in [2.75, 3.05) is 6.54 Å². The Morgan fingerprint density at radius 3 is 2.62 bits per heavy atom. The zero-order chi connectivity index (χ0) is 21.2. The first-order chi connectivity index (χ1) is 13.8. The minimum Gasteiger partial charge on any atom is -0.343 e. The molecule has 1 aliphatic carbocycles. The fourth-order valence-electron chi connectivity index (χ4n) is 3.25. The first kappa shape index (κ1) is 22.9. The van der Waals surface area contributed by atoms with Crippen LogP contribution in [0.1, 0.15) is 56.8 Å². The summed E-state index contributed by atoms with van der Waals surface area (Å²) in [6.07, 6.45) is 10.6. The van der Waals surface area contributed by atoms with E-state index in [-0.39, 0.29) is 18.4 Å². The summed E-state index contributed by atoms with van der Waals surface area (Å²) in [4.78, 5) is 23.9. The Labute approximate surface area is 178 Å². The largest absolute Gasteiger partial charge is 0.343 e. The van der Waals surface area contributed by atoms with Crippen LogP contribution in [0.5, 0.6) is 0 Å². The van der Waals surface area contributed by atoms with Gasteiger partial charge in [-0.25, -0.2) is 5.43 Å². The molecule has 2 rings (SSSR count). The van der Waals surface area contributed by atoms with E-state index in [0.29, 0.717) is 22.4 Å². The van der Waals surface area contributed by atoms with Gasteiger partial charge in [-0.2, -0.15) is 5.10 Å². The van der Waals surface area contributed by atoms with Crippen LogP contribution < -0.4 is 10.7 Å². The van der Waals surface area contributed by atoms with Crippen LogP contribution in [-0.4, -0.2) is 24.6 Å². The quantitative estimate of drug-likeness (QED) is 0.360. The summed E-state index contributed by atoms with van der Waals surface area (Å²) in [6.45, 7) is 6.34. The predicted octanol–water partition coefficient (Wildman–Crippen LogP) is 4.89. The number of hydrogen-bond acceptors (Lipinski definition) is 3. The molecule has 1 aromatic carbocycles. The number of amides is 2. The maximum absolute atomic E-state index is 12.0. The lowest BCUT2D eigenvalue weighted by molar-refractivity contribution is -0.120. The molecule has 0 heterocycles. The van der Waals surface area contributed by atoms with Crippen molar-refractivity contribution in [3.05, 3.63) is 58.1 Å². The van der Waals surface area contributed by atoms with E-state index >= 15 is 0 Å². The number of benzene rings is 1. The Balaban J connectivity index is 1.72. The molecular formula is C23H30ClN3O2. The number of hydrazone groups is 1. The van der Waals surface area contributed by atoms with Gasteiger partial charge in [0.15, 0.2) is 0 Å². The lowest BCUT2D eigenvalue weighted by atomic mass is 9.80. The zero-order valence-corrected chi connectivity index (χ0v) is 18.1. The molecule has 2 atom stereocenters. The van der Waals surface area contributed by atoms with Gasteiger partial charge in [-0.3, -0.25) is 9.59 Å². The highest BCUT2D eigenvalue weighted by atomic mass is 35.5.